The molecule has 0 aliphatic carbocycles. The van der Waals surface area contributed by atoms with Gasteiger partial charge in [0, 0.05) is 20.2 Å². The minimum absolute atomic E-state index is 0.0388. The van der Waals surface area contributed by atoms with E-state index < -0.39 is 11.5 Å². The summed E-state index contributed by atoms with van der Waals surface area (Å²) in [6, 6.07) is -0.311. The summed E-state index contributed by atoms with van der Waals surface area (Å²) in [5.74, 6) is -0.954. The third-order valence-electron chi connectivity index (χ3n) is 4.54. The van der Waals surface area contributed by atoms with Crippen LogP contribution in [0.1, 0.15) is 39.0 Å². The molecule has 0 aromatic heterocycles. The van der Waals surface area contributed by atoms with Gasteiger partial charge < -0.3 is 20.1 Å². The quantitative estimate of drug-likeness (QED) is 0.773. The van der Waals surface area contributed by atoms with Crippen LogP contribution in [0.2, 0.25) is 0 Å². The van der Waals surface area contributed by atoms with Crippen LogP contribution in [0, 0.1) is 0 Å². The van der Waals surface area contributed by atoms with Crippen molar-refractivity contribution in [2.75, 3.05) is 20.2 Å². The van der Waals surface area contributed by atoms with E-state index in [1.54, 1.807) is 12.0 Å². The molecule has 114 valence electrons. The molecule has 2 aliphatic rings. The van der Waals surface area contributed by atoms with Gasteiger partial charge in [-0.1, -0.05) is 13.3 Å². The van der Waals surface area contributed by atoms with E-state index in [9.17, 15) is 14.7 Å². The predicted octanol–water partition coefficient (Wildman–Crippen LogP) is 0.609. The Labute approximate surface area is 119 Å². The van der Waals surface area contributed by atoms with E-state index >= 15 is 0 Å². The smallest absolute Gasteiger partial charge is 0.329 e. The molecule has 6 nitrogen and oxygen atoms in total. The fourth-order valence-electron chi connectivity index (χ4n) is 3.46. The summed E-state index contributed by atoms with van der Waals surface area (Å²) >= 11 is 0. The molecule has 3 unspecified atom stereocenters. The molecule has 20 heavy (non-hydrogen) atoms. The van der Waals surface area contributed by atoms with Crippen molar-refractivity contribution in [2.24, 2.45) is 0 Å². The predicted molar refractivity (Wildman–Crippen MR) is 73.4 cm³/mol. The summed E-state index contributed by atoms with van der Waals surface area (Å²) < 4.78 is 5.25. The van der Waals surface area contributed by atoms with Crippen molar-refractivity contribution in [1.29, 1.82) is 0 Å². The lowest BCUT2D eigenvalue weighted by Crippen LogP contribution is -2.57. The van der Waals surface area contributed by atoms with Gasteiger partial charge in [-0.25, -0.2) is 4.79 Å². The Bertz CT molecular complexity index is 387. The van der Waals surface area contributed by atoms with E-state index in [4.69, 9.17) is 4.74 Å². The van der Waals surface area contributed by atoms with Crippen LogP contribution < -0.4 is 5.32 Å². The van der Waals surface area contributed by atoms with E-state index in [2.05, 4.69) is 5.32 Å². The van der Waals surface area contributed by atoms with Crippen LogP contribution in [-0.4, -0.2) is 59.8 Å². The number of carboxylic acid groups (broad SMARTS) is 1. The average molecular weight is 284 g/mol. The highest BCUT2D eigenvalue weighted by atomic mass is 16.5. The van der Waals surface area contributed by atoms with Crippen LogP contribution in [0.15, 0.2) is 0 Å². The van der Waals surface area contributed by atoms with E-state index in [1.807, 2.05) is 6.92 Å². The van der Waals surface area contributed by atoms with Crippen LogP contribution in [-0.2, 0) is 14.3 Å². The van der Waals surface area contributed by atoms with Gasteiger partial charge in [0.1, 0.15) is 5.54 Å². The molecule has 1 amide bonds. The number of carboxylic acids is 1. The van der Waals surface area contributed by atoms with E-state index in [0.717, 1.165) is 12.8 Å². The van der Waals surface area contributed by atoms with Gasteiger partial charge in [-0.3, -0.25) is 4.79 Å². The van der Waals surface area contributed by atoms with Gasteiger partial charge >= 0.3 is 5.97 Å². The summed E-state index contributed by atoms with van der Waals surface area (Å²) in [6.45, 7) is 3.15. The molecule has 2 fully saturated rings. The zero-order chi connectivity index (χ0) is 14.8. The minimum atomic E-state index is -1.00. The van der Waals surface area contributed by atoms with Crippen LogP contribution in [0.5, 0.6) is 0 Å². The molecule has 0 radical (unpaired) electrons. The molecule has 2 rings (SSSR count). The zero-order valence-corrected chi connectivity index (χ0v) is 12.2. The Morgan fingerprint density at radius 3 is 2.80 bits per heavy atom. The van der Waals surface area contributed by atoms with Gasteiger partial charge in [0.2, 0.25) is 5.91 Å². The fourth-order valence-corrected chi connectivity index (χ4v) is 3.46. The molecule has 3 atom stereocenters. The summed E-state index contributed by atoms with van der Waals surface area (Å²) in [4.78, 5) is 26.0. The lowest BCUT2D eigenvalue weighted by molar-refractivity contribution is -0.157. The Kier molecular flexibility index (Phi) is 4.65. The SMILES string of the molecule is CCCC1(C(=O)O)CCCN1C(=O)C1CC(OC)CN1. The molecule has 0 aromatic rings. The first-order valence-electron chi connectivity index (χ1n) is 7.36. The first-order chi connectivity index (χ1) is 9.55. The second-order valence-electron chi connectivity index (χ2n) is 5.73. The third-order valence-corrected chi connectivity index (χ3v) is 4.54. The standard InChI is InChI=1S/C14H24N2O4/c1-3-5-14(13(18)19)6-4-7-16(14)12(17)11-8-10(20-2)9-15-11/h10-11,15H,3-9H2,1-2H3,(H,18,19). The van der Waals surface area contributed by atoms with Crippen molar-refractivity contribution < 1.29 is 19.4 Å². The lowest BCUT2D eigenvalue weighted by Gasteiger charge is -2.36. The first kappa shape index (κ1) is 15.3. The molecule has 0 aromatic carbocycles. The first-order valence-corrected chi connectivity index (χ1v) is 7.36. The van der Waals surface area contributed by atoms with Gasteiger partial charge in [-0.15, -0.1) is 0 Å². The van der Waals surface area contributed by atoms with Crippen molar-refractivity contribution in [1.82, 2.24) is 10.2 Å². The highest BCUT2D eigenvalue weighted by Crippen LogP contribution is 2.35. The molecule has 6 heteroatoms. The lowest BCUT2D eigenvalue weighted by atomic mass is 9.90. The van der Waals surface area contributed by atoms with Gasteiger partial charge in [0.25, 0.3) is 0 Å². The monoisotopic (exact) mass is 284 g/mol. The molecule has 0 bridgehead atoms. The van der Waals surface area contributed by atoms with Crippen LogP contribution in [0.3, 0.4) is 0 Å². The Morgan fingerprint density at radius 2 is 2.25 bits per heavy atom. The van der Waals surface area contributed by atoms with Gasteiger partial charge in [-0.05, 0) is 25.7 Å². The van der Waals surface area contributed by atoms with Crippen molar-refractivity contribution >= 4 is 11.9 Å². The van der Waals surface area contributed by atoms with E-state index in [-0.39, 0.29) is 18.1 Å². The van der Waals surface area contributed by atoms with E-state index in [1.165, 1.54) is 0 Å². The number of hydrogen-bond donors (Lipinski definition) is 2. The van der Waals surface area contributed by atoms with E-state index in [0.29, 0.717) is 32.4 Å². The number of nitrogens with zero attached hydrogens (tertiary/aromatic N) is 1. The number of likely N-dealkylation sites (tertiary alicyclic amines) is 1. The third kappa shape index (κ3) is 2.54. The molecule has 2 aliphatic heterocycles. The maximum Gasteiger partial charge on any atom is 0.329 e. The molecule has 0 spiro atoms. The molecule has 2 saturated heterocycles. The van der Waals surface area contributed by atoms with Gasteiger partial charge in [0.15, 0.2) is 0 Å². The largest absolute Gasteiger partial charge is 0.479 e. The number of rotatable bonds is 5. The molecule has 2 heterocycles. The second-order valence-corrected chi connectivity index (χ2v) is 5.73. The number of nitrogens with one attached hydrogen (secondary N) is 1. The van der Waals surface area contributed by atoms with Crippen LogP contribution >= 0.6 is 0 Å². The maximum absolute atomic E-state index is 12.6. The maximum atomic E-state index is 12.6. The summed E-state index contributed by atoms with van der Waals surface area (Å²) in [6.07, 6.45) is 3.26. The van der Waals surface area contributed by atoms with Crippen molar-refractivity contribution in [3.05, 3.63) is 0 Å². The zero-order valence-electron chi connectivity index (χ0n) is 12.2. The number of carbonyl (C=O) groups is 2. The summed E-state index contributed by atoms with van der Waals surface area (Å²) in [5.41, 5.74) is -1.00. The summed E-state index contributed by atoms with van der Waals surface area (Å²) in [5, 5.41) is 12.8. The van der Waals surface area contributed by atoms with Gasteiger partial charge in [0.05, 0.1) is 12.1 Å². The highest BCUT2D eigenvalue weighted by molar-refractivity contribution is 5.90. The topological polar surface area (TPSA) is 78.9 Å². The minimum Gasteiger partial charge on any atom is -0.479 e. The number of aliphatic carboxylic acids is 1. The van der Waals surface area contributed by atoms with Crippen molar-refractivity contribution in [3.63, 3.8) is 0 Å². The molecular weight excluding hydrogens is 260 g/mol. The van der Waals surface area contributed by atoms with Crippen molar-refractivity contribution in [3.8, 4) is 0 Å². The van der Waals surface area contributed by atoms with Crippen LogP contribution in [0.4, 0.5) is 0 Å². The highest BCUT2D eigenvalue weighted by Gasteiger charge is 2.50. The average Bonchev–Trinajstić information content (AvgIpc) is 3.05. The number of amides is 1. The fraction of sp³-hybridized carbons (Fsp3) is 0.857. The normalized spacial score (nSPS) is 33.6. The molecule has 2 N–H and O–H groups in total. The van der Waals surface area contributed by atoms with Crippen LogP contribution in [0.25, 0.3) is 0 Å². The van der Waals surface area contributed by atoms with Gasteiger partial charge in [-0.2, -0.15) is 0 Å². The number of ether oxygens (including phenoxy) is 1. The second kappa shape index (κ2) is 6.10. The molecule has 0 saturated carbocycles. The Hall–Kier alpha value is -1.14. The summed E-state index contributed by atoms with van der Waals surface area (Å²) in [7, 11) is 1.63. The number of hydrogen-bond acceptors (Lipinski definition) is 4. The molecular formula is C14H24N2O4. The van der Waals surface area contributed by atoms with Crippen molar-refractivity contribution in [2.45, 2.75) is 56.7 Å². The Balaban J connectivity index is 2.13. The Morgan fingerprint density at radius 1 is 1.50 bits per heavy atom. The number of methoxy groups -OCH3 is 1. The number of carbonyl (C=O) groups excluding carboxylic acids is 1.